The minimum Gasteiger partial charge on any atom is -0.489 e. The highest BCUT2D eigenvalue weighted by Gasteiger charge is 2.28. The molecule has 0 aromatic heterocycles. The van der Waals surface area contributed by atoms with Gasteiger partial charge in [0, 0.05) is 41.8 Å². The summed E-state index contributed by atoms with van der Waals surface area (Å²) in [6.45, 7) is 4.32. The molecule has 4 rings (SSSR count). The molecule has 1 unspecified atom stereocenters. The van der Waals surface area contributed by atoms with E-state index in [0.717, 1.165) is 48.6 Å². The minimum absolute atomic E-state index is 0.00819. The number of piperazine rings is 1. The number of hydrogen-bond acceptors (Lipinski definition) is 3. The summed E-state index contributed by atoms with van der Waals surface area (Å²) in [5, 5.41) is 4.75. The number of rotatable bonds is 6. The standard InChI is InChI=1S/C24H24Cl2N2O/c25-19-10-11-20(22(26)16-19)24(28-14-12-27-13-15-28)21-8-4-5-9-23(21)29-17-18-6-2-1-3-7-18/h1-11,16,24,27H,12-15,17H2. The first-order valence-electron chi connectivity index (χ1n) is 9.88. The van der Waals surface area contributed by atoms with Crippen LogP contribution in [0.15, 0.2) is 72.8 Å². The molecular weight excluding hydrogens is 403 g/mol. The van der Waals surface area contributed by atoms with E-state index in [-0.39, 0.29) is 6.04 Å². The first-order chi connectivity index (χ1) is 14.2. The zero-order chi connectivity index (χ0) is 20.1. The molecule has 1 N–H and O–H groups in total. The molecule has 0 aliphatic carbocycles. The Morgan fingerprint density at radius 1 is 0.862 bits per heavy atom. The van der Waals surface area contributed by atoms with Crippen LogP contribution < -0.4 is 10.1 Å². The topological polar surface area (TPSA) is 24.5 Å². The van der Waals surface area contributed by atoms with E-state index in [9.17, 15) is 0 Å². The van der Waals surface area contributed by atoms with Crippen molar-refractivity contribution in [2.75, 3.05) is 26.2 Å². The number of benzene rings is 3. The van der Waals surface area contributed by atoms with Crippen LogP contribution in [0.3, 0.4) is 0 Å². The Morgan fingerprint density at radius 3 is 2.34 bits per heavy atom. The molecule has 0 spiro atoms. The summed E-state index contributed by atoms with van der Waals surface area (Å²) in [6.07, 6.45) is 0. The number of halogens is 2. The van der Waals surface area contributed by atoms with Crippen molar-refractivity contribution in [3.05, 3.63) is 99.5 Å². The molecule has 1 aliphatic rings. The molecule has 1 heterocycles. The second kappa shape index (κ2) is 9.64. The fraction of sp³-hybridized carbons (Fsp3) is 0.250. The zero-order valence-corrected chi connectivity index (χ0v) is 17.7. The largest absolute Gasteiger partial charge is 0.489 e. The summed E-state index contributed by atoms with van der Waals surface area (Å²) in [5.41, 5.74) is 3.31. The van der Waals surface area contributed by atoms with Gasteiger partial charge in [0.2, 0.25) is 0 Å². The predicted molar refractivity (Wildman–Crippen MR) is 120 cm³/mol. The third kappa shape index (κ3) is 4.93. The van der Waals surface area contributed by atoms with Crippen LogP contribution in [-0.2, 0) is 6.61 Å². The third-order valence-electron chi connectivity index (χ3n) is 5.22. The molecule has 1 atom stereocenters. The van der Waals surface area contributed by atoms with Gasteiger partial charge < -0.3 is 10.1 Å². The normalized spacial score (nSPS) is 15.8. The van der Waals surface area contributed by atoms with Gasteiger partial charge in [0.25, 0.3) is 0 Å². The lowest BCUT2D eigenvalue weighted by Crippen LogP contribution is -2.45. The Morgan fingerprint density at radius 2 is 1.59 bits per heavy atom. The lowest BCUT2D eigenvalue weighted by Gasteiger charge is -2.36. The number of hydrogen-bond donors (Lipinski definition) is 1. The Labute approximate surface area is 182 Å². The van der Waals surface area contributed by atoms with Crippen molar-refractivity contribution in [3.8, 4) is 5.75 Å². The Kier molecular flexibility index (Phi) is 6.73. The maximum Gasteiger partial charge on any atom is 0.124 e. The zero-order valence-electron chi connectivity index (χ0n) is 16.2. The molecule has 150 valence electrons. The SMILES string of the molecule is Clc1ccc(C(c2ccccc2OCc2ccccc2)N2CCNCC2)c(Cl)c1. The van der Waals surface area contributed by atoms with Crippen LogP contribution in [0, 0.1) is 0 Å². The molecule has 1 saturated heterocycles. The smallest absolute Gasteiger partial charge is 0.124 e. The summed E-state index contributed by atoms with van der Waals surface area (Å²) in [7, 11) is 0. The maximum atomic E-state index is 6.65. The molecule has 0 amide bonds. The summed E-state index contributed by atoms with van der Waals surface area (Å²) < 4.78 is 6.27. The lowest BCUT2D eigenvalue weighted by molar-refractivity contribution is 0.193. The van der Waals surface area contributed by atoms with Crippen molar-refractivity contribution in [2.45, 2.75) is 12.6 Å². The van der Waals surface area contributed by atoms with Crippen LogP contribution in [0.5, 0.6) is 5.75 Å². The third-order valence-corrected chi connectivity index (χ3v) is 5.79. The molecule has 1 fully saturated rings. The Balaban J connectivity index is 1.70. The molecule has 0 bridgehead atoms. The van der Waals surface area contributed by atoms with Crippen LogP contribution >= 0.6 is 23.2 Å². The molecule has 29 heavy (non-hydrogen) atoms. The van der Waals surface area contributed by atoms with Crippen molar-refractivity contribution >= 4 is 23.2 Å². The van der Waals surface area contributed by atoms with Crippen LogP contribution in [0.1, 0.15) is 22.7 Å². The van der Waals surface area contributed by atoms with Gasteiger partial charge in [-0.25, -0.2) is 0 Å². The molecule has 3 aromatic rings. The molecule has 3 aromatic carbocycles. The maximum absolute atomic E-state index is 6.65. The summed E-state index contributed by atoms with van der Waals surface area (Å²) in [5.74, 6) is 0.880. The number of para-hydroxylation sites is 1. The van der Waals surface area contributed by atoms with Gasteiger partial charge in [-0.3, -0.25) is 4.90 Å². The highest BCUT2D eigenvalue weighted by atomic mass is 35.5. The predicted octanol–water partition coefficient (Wildman–Crippen LogP) is 5.57. The van der Waals surface area contributed by atoms with Crippen LogP contribution in [-0.4, -0.2) is 31.1 Å². The number of nitrogens with one attached hydrogen (secondary N) is 1. The fourth-order valence-corrected chi connectivity index (χ4v) is 4.31. The molecule has 0 radical (unpaired) electrons. The van der Waals surface area contributed by atoms with Gasteiger partial charge in [0.15, 0.2) is 0 Å². The van der Waals surface area contributed by atoms with Gasteiger partial charge in [-0.1, -0.05) is 77.8 Å². The van der Waals surface area contributed by atoms with Gasteiger partial charge >= 0.3 is 0 Å². The fourth-order valence-electron chi connectivity index (χ4n) is 3.80. The summed E-state index contributed by atoms with van der Waals surface area (Å²) in [6, 6.07) is 24.2. The Bertz CT molecular complexity index is 943. The average Bonchev–Trinajstić information content (AvgIpc) is 2.76. The van der Waals surface area contributed by atoms with Crippen molar-refractivity contribution in [2.24, 2.45) is 0 Å². The van der Waals surface area contributed by atoms with Gasteiger partial charge in [-0.2, -0.15) is 0 Å². The number of nitrogens with zero attached hydrogens (tertiary/aromatic N) is 1. The van der Waals surface area contributed by atoms with E-state index < -0.39 is 0 Å². The Hall–Kier alpha value is -2.04. The van der Waals surface area contributed by atoms with Crippen molar-refractivity contribution in [1.82, 2.24) is 10.2 Å². The van der Waals surface area contributed by atoms with Crippen molar-refractivity contribution in [3.63, 3.8) is 0 Å². The van der Waals surface area contributed by atoms with Gasteiger partial charge in [-0.15, -0.1) is 0 Å². The highest BCUT2D eigenvalue weighted by molar-refractivity contribution is 6.35. The molecule has 5 heteroatoms. The minimum atomic E-state index is 0.00819. The molecule has 0 saturated carbocycles. The highest BCUT2D eigenvalue weighted by Crippen LogP contribution is 2.39. The monoisotopic (exact) mass is 426 g/mol. The first-order valence-corrected chi connectivity index (χ1v) is 10.6. The summed E-state index contributed by atoms with van der Waals surface area (Å²) in [4.78, 5) is 2.45. The number of ether oxygens (including phenoxy) is 1. The van der Waals surface area contributed by atoms with Crippen LogP contribution in [0.25, 0.3) is 0 Å². The first kappa shape index (κ1) is 20.2. The van der Waals surface area contributed by atoms with Crippen LogP contribution in [0.4, 0.5) is 0 Å². The summed E-state index contributed by atoms with van der Waals surface area (Å²) >= 11 is 12.8. The second-order valence-electron chi connectivity index (χ2n) is 7.17. The molecule has 3 nitrogen and oxygen atoms in total. The van der Waals surface area contributed by atoms with E-state index in [4.69, 9.17) is 27.9 Å². The van der Waals surface area contributed by atoms with E-state index in [1.807, 2.05) is 48.5 Å². The van der Waals surface area contributed by atoms with Crippen LogP contribution in [0.2, 0.25) is 10.0 Å². The van der Waals surface area contributed by atoms with Gasteiger partial charge in [0.1, 0.15) is 12.4 Å². The molecule has 1 aliphatic heterocycles. The second-order valence-corrected chi connectivity index (χ2v) is 8.01. The van der Waals surface area contributed by atoms with E-state index in [0.29, 0.717) is 16.7 Å². The van der Waals surface area contributed by atoms with Gasteiger partial charge in [0.05, 0.1) is 6.04 Å². The van der Waals surface area contributed by atoms with E-state index in [2.05, 4.69) is 34.5 Å². The average molecular weight is 427 g/mol. The van der Waals surface area contributed by atoms with Crippen molar-refractivity contribution < 1.29 is 4.74 Å². The van der Waals surface area contributed by atoms with E-state index >= 15 is 0 Å². The van der Waals surface area contributed by atoms with Crippen molar-refractivity contribution in [1.29, 1.82) is 0 Å². The molecular formula is C24H24Cl2N2O. The van der Waals surface area contributed by atoms with E-state index in [1.54, 1.807) is 0 Å². The quantitative estimate of drug-likeness (QED) is 0.557. The van der Waals surface area contributed by atoms with E-state index in [1.165, 1.54) is 0 Å². The van der Waals surface area contributed by atoms with Gasteiger partial charge in [-0.05, 0) is 29.3 Å². The lowest BCUT2D eigenvalue weighted by atomic mass is 9.95.